The SMILES string of the molecule is [2H]c1c([2H])c([2H])c(-c2c(C#N)c(-n3c4ccccc4c4c5oc6ccccc6c5ccc43)c(-n3c4ccccc4c4ccccc43)c(-n3c4ccccc4c4c5oc6ccccc6c5ccc43)c2C#N)c([2H])c1[2H]. The first-order valence-corrected chi connectivity index (χ1v) is 22.6. The van der Waals surface area contributed by atoms with E-state index in [0.29, 0.717) is 61.5 Å². The van der Waals surface area contributed by atoms with E-state index in [4.69, 9.17) is 12.9 Å². The maximum Gasteiger partial charge on any atom is 0.145 e. The second-order valence-corrected chi connectivity index (χ2v) is 17.3. The molecule has 0 unspecified atom stereocenters. The molecule has 0 atom stereocenters. The molecular weight excluding hydrogens is 847 g/mol. The van der Waals surface area contributed by atoms with E-state index in [1.807, 2.05) is 167 Å². The normalized spacial score (nSPS) is 13.0. The second-order valence-electron chi connectivity index (χ2n) is 17.3. The highest BCUT2D eigenvalue weighted by Gasteiger charge is 2.34. The van der Waals surface area contributed by atoms with Crippen LogP contribution in [0.1, 0.15) is 18.0 Å². The van der Waals surface area contributed by atoms with Crippen LogP contribution in [0.25, 0.3) is 137 Å². The van der Waals surface area contributed by atoms with E-state index in [2.05, 4.69) is 28.8 Å². The average molecular weight is 885 g/mol. The van der Waals surface area contributed by atoms with Crippen molar-refractivity contribution in [2.24, 2.45) is 0 Å². The van der Waals surface area contributed by atoms with Gasteiger partial charge < -0.3 is 22.5 Å². The molecule has 0 aliphatic heterocycles. The second kappa shape index (κ2) is 13.9. The molecule has 15 aromatic rings. The van der Waals surface area contributed by atoms with Crippen LogP contribution in [0.4, 0.5) is 0 Å². The summed E-state index contributed by atoms with van der Waals surface area (Å²) in [5.74, 6) is 0. The summed E-state index contributed by atoms with van der Waals surface area (Å²) in [6.07, 6.45) is 0. The summed E-state index contributed by atoms with van der Waals surface area (Å²) >= 11 is 0. The number of nitrogens with zero attached hydrogens (tertiary/aromatic N) is 5. The molecule has 0 radical (unpaired) electrons. The zero-order chi connectivity index (χ0) is 49.8. The number of nitriles is 2. The lowest BCUT2D eigenvalue weighted by Gasteiger charge is -2.26. The number of hydrogen-bond acceptors (Lipinski definition) is 4. The monoisotopic (exact) mass is 884 g/mol. The molecule has 5 heterocycles. The van der Waals surface area contributed by atoms with E-state index in [-0.39, 0.29) is 22.3 Å². The lowest BCUT2D eigenvalue weighted by atomic mass is 9.90. The number of rotatable bonds is 4. The standard InChI is InChI=1S/C62H33N5O2/c63-34-45-55(36-16-2-1-3-17-36)46(35-64)59(67-50-27-13-7-23-44(50)57-52(67)33-31-42-40-21-9-15-29-54(40)69-62(42)57)60(65-47-24-10-4-18-37(47)38-19-5-11-25-48(38)65)58(45)66-49-26-12-6-22-43(49)56-51(66)32-30-41-39-20-8-14-28-53(39)68-61(41)56/h1-33H/i1D,2D,3D,16D,17D. The van der Waals surface area contributed by atoms with Crippen LogP contribution < -0.4 is 0 Å². The fourth-order valence-electron chi connectivity index (χ4n) is 11.3. The summed E-state index contributed by atoms with van der Waals surface area (Å²) in [6, 6.07) is 58.0. The highest BCUT2D eigenvalue weighted by atomic mass is 16.3. The lowest BCUT2D eigenvalue weighted by molar-refractivity contribution is 0.672. The van der Waals surface area contributed by atoms with Gasteiger partial charge in [0.05, 0.1) is 78.9 Å². The zero-order valence-electron chi connectivity index (χ0n) is 41.2. The van der Waals surface area contributed by atoms with Gasteiger partial charge in [0.1, 0.15) is 34.5 Å². The fraction of sp³-hybridized carbons (Fsp3) is 0. The third kappa shape index (κ3) is 4.87. The van der Waals surface area contributed by atoms with Crippen LogP contribution >= 0.6 is 0 Å². The predicted molar refractivity (Wildman–Crippen MR) is 279 cm³/mol. The van der Waals surface area contributed by atoms with Crippen LogP contribution in [0.2, 0.25) is 0 Å². The minimum Gasteiger partial charge on any atom is -0.455 e. The van der Waals surface area contributed by atoms with E-state index in [0.717, 1.165) is 64.9 Å². The Kier molecular flexibility index (Phi) is 6.58. The van der Waals surface area contributed by atoms with Crippen molar-refractivity contribution in [3.63, 3.8) is 0 Å². The fourth-order valence-corrected chi connectivity index (χ4v) is 11.3. The molecule has 0 bridgehead atoms. The quantitative estimate of drug-likeness (QED) is 0.176. The van der Waals surface area contributed by atoms with Crippen LogP contribution in [-0.2, 0) is 0 Å². The van der Waals surface area contributed by atoms with E-state index in [9.17, 15) is 13.3 Å². The summed E-state index contributed by atoms with van der Waals surface area (Å²) < 4.78 is 65.7. The van der Waals surface area contributed by atoms with Crippen molar-refractivity contribution in [1.82, 2.24) is 13.7 Å². The van der Waals surface area contributed by atoms with E-state index in [1.54, 1.807) is 0 Å². The number of hydrogen-bond donors (Lipinski definition) is 0. The van der Waals surface area contributed by atoms with Crippen molar-refractivity contribution in [2.45, 2.75) is 0 Å². The molecule has 0 fully saturated rings. The highest BCUT2D eigenvalue weighted by Crippen LogP contribution is 2.50. The Bertz CT molecular complexity index is 4830. The van der Waals surface area contributed by atoms with Crippen molar-refractivity contribution in [1.29, 1.82) is 10.5 Å². The molecule has 0 amide bonds. The topological polar surface area (TPSA) is 88.7 Å². The summed E-state index contributed by atoms with van der Waals surface area (Å²) in [4.78, 5) is 0. The Morgan fingerprint density at radius 1 is 0.362 bits per heavy atom. The number of fused-ring (bicyclic) bond motifs is 17. The minimum absolute atomic E-state index is 0.0755. The molecule has 0 aliphatic rings. The molecule has 69 heavy (non-hydrogen) atoms. The van der Waals surface area contributed by atoms with Crippen LogP contribution in [0.3, 0.4) is 0 Å². The Morgan fingerprint density at radius 2 is 0.739 bits per heavy atom. The largest absolute Gasteiger partial charge is 0.455 e. The zero-order valence-corrected chi connectivity index (χ0v) is 36.2. The Labute approximate surface area is 399 Å². The van der Waals surface area contributed by atoms with Gasteiger partial charge in [0, 0.05) is 48.7 Å². The van der Waals surface area contributed by atoms with Crippen molar-refractivity contribution < 1.29 is 15.7 Å². The molecule has 0 spiro atoms. The van der Waals surface area contributed by atoms with Gasteiger partial charge >= 0.3 is 0 Å². The predicted octanol–water partition coefficient (Wildman–Crippen LogP) is 16.2. The van der Waals surface area contributed by atoms with Crippen molar-refractivity contribution in [3.05, 3.63) is 211 Å². The van der Waals surface area contributed by atoms with Gasteiger partial charge in [-0.25, -0.2) is 0 Å². The molecule has 7 heteroatoms. The minimum atomic E-state index is -0.600. The highest BCUT2D eigenvalue weighted by molar-refractivity contribution is 6.26. The van der Waals surface area contributed by atoms with E-state index in [1.165, 1.54) is 0 Å². The van der Waals surface area contributed by atoms with Crippen molar-refractivity contribution in [3.8, 4) is 40.3 Å². The Balaban J connectivity index is 1.27. The van der Waals surface area contributed by atoms with Crippen LogP contribution in [-0.4, -0.2) is 13.7 Å². The van der Waals surface area contributed by atoms with Crippen LogP contribution in [0.5, 0.6) is 0 Å². The van der Waals surface area contributed by atoms with Gasteiger partial charge in [0.2, 0.25) is 0 Å². The number of furan rings is 2. The maximum absolute atomic E-state index is 12.2. The number of para-hydroxylation sites is 6. The molecular formula is C62H33N5O2. The molecule has 10 aromatic carbocycles. The van der Waals surface area contributed by atoms with Gasteiger partial charge in [-0.05, 0) is 66.2 Å². The first-order chi connectivity index (χ1) is 36.3. The Morgan fingerprint density at radius 3 is 1.19 bits per heavy atom. The third-order valence-corrected chi connectivity index (χ3v) is 14.0. The van der Waals surface area contributed by atoms with Gasteiger partial charge in [-0.2, -0.15) is 10.5 Å². The van der Waals surface area contributed by atoms with Crippen molar-refractivity contribution in [2.75, 3.05) is 0 Å². The molecule has 0 saturated carbocycles. The molecule has 0 aliphatic carbocycles. The molecule has 0 N–H and O–H groups in total. The molecule has 0 saturated heterocycles. The van der Waals surface area contributed by atoms with Gasteiger partial charge in [-0.15, -0.1) is 0 Å². The molecule has 7 nitrogen and oxygen atoms in total. The van der Waals surface area contributed by atoms with E-state index >= 15 is 0 Å². The summed E-state index contributed by atoms with van der Waals surface area (Å²) in [5.41, 5.74) is 7.54. The first kappa shape index (κ1) is 32.8. The van der Waals surface area contributed by atoms with E-state index < -0.39 is 30.2 Å². The third-order valence-electron chi connectivity index (χ3n) is 14.0. The van der Waals surface area contributed by atoms with Gasteiger partial charge in [-0.1, -0.05) is 139 Å². The summed E-state index contributed by atoms with van der Waals surface area (Å²) in [5, 5.41) is 33.1. The summed E-state index contributed by atoms with van der Waals surface area (Å²) in [7, 11) is 0. The molecule has 318 valence electrons. The summed E-state index contributed by atoms with van der Waals surface area (Å²) in [6.45, 7) is 0. The molecule has 5 aromatic heterocycles. The van der Waals surface area contributed by atoms with Gasteiger partial charge in [-0.3, -0.25) is 0 Å². The van der Waals surface area contributed by atoms with Crippen LogP contribution in [0, 0.1) is 22.7 Å². The van der Waals surface area contributed by atoms with Crippen LogP contribution in [0.15, 0.2) is 209 Å². The first-order valence-electron chi connectivity index (χ1n) is 25.1. The van der Waals surface area contributed by atoms with Gasteiger partial charge in [0.15, 0.2) is 0 Å². The lowest BCUT2D eigenvalue weighted by Crippen LogP contribution is -2.14. The van der Waals surface area contributed by atoms with Gasteiger partial charge in [0.25, 0.3) is 0 Å². The van der Waals surface area contributed by atoms with Crippen molar-refractivity contribution >= 4 is 109 Å². The number of aromatic nitrogens is 3. The Hall–Kier alpha value is -9.82. The molecule has 15 rings (SSSR count). The maximum atomic E-state index is 12.2. The average Bonchev–Trinajstić information content (AvgIpc) is 4.25. The number of benzene rings is 10. The smallest absolute Gasteiger partial charge is 0.145 e.